The number of nitrogens with two attached hydrogens (primary N) is 1. The first-order valence-corrected chi connectivity index (χ1v) is 9.28. The summed E-state index contributed by atoms with van der Waals surface area (Å²) in [5.41, 5.74) is 8.15. The molecule has 0 aliphatic carbocycles. The third-order valence-corrected chi connectivity index (χ3v) is 6.94. The molecule has 1 aliphatic heterocycles. The molecule has 0 atom stereocenters. The van der Waals surface area contributed by atoms with Crippen LogP contribution in [0.25, 0.3) is 0 Å². The predicted octanol–water partition coefficient (Wildman–Crippen LogP) is 2.00. The minimum absolute atomic E-state index is 0.264. The van der Waals surface area contributed by atoms with Crippen molar-refractivity contribution in [1.82, 2.24) is 4.31 Å². The van der Waals surface area contributed by atoms with Crippen molar-refractivity contribution in [3.63, 3.8) is 0 Å². The molecule has 1 aromatic carbocycles. The smallest absolute Gasteiger partial charge is 0.244 e. The molecule has 21 heavy (non-hydrogen) atoms. The third-order valence-electron chi connectivity index (χ3n) is 3.89. The molecule has 0 radical (unpaired) electrons. The monoisotopic (exact) mass is 322 g/mol. The van der Waals surface area contributed by atoms with Crippen molar-refractivity contribution >= 4 is 21.4 Å². The first-order valence-electron chi connectivity index (χ1n) is 6.96. The summed E-state index contributed by atoms with van der Waals surface area (Å²) >= 11 is 1.40. The van der Waals surface area contributed by atoms with Crippen molar-refractivity contribution in [1.29, 1.82) is 0 Å². The fourth-order valence-electron chi connectivity index (χ4n) is 2.73. The molecule has 0 amide bonds. The molecule has 1 aromatic heterocycles. The SMILES string of the molecule is NCc1sccc1S(=O)(=O)N1CCc2ccccc2CC1. The Morgan fingerprint density at radius 2 is 1.71 bits per heavy atom. The number of nitrogens with zero attached hydrogens (tertiary/aromatic N) is 1. The Morgan fingerprint density at radius 1 is 1.10 bits per heavy atom. The van der Waals surface area contributed by atoms with Crippen LogP contribution in [0, 0.1) is 0 Å². The van der Waals surface area contributed by atoms with Gasteiger partial charge in [0, 0.05) is 24.5 Å². The second-order valence-corrected chi connectivity index (χ2v) is 7.99. The van der Waals surface area contributed by atoms with Crippen LogP contribution in [0.3, 0.4) is 0 Å². The van der Waals surface area contributed by atoms with Gasteiger partial charge in [0.05, 0.1) is 4.90 Å². The fraction of sp³-hybridized carbons (Fsp3) is 0.333. The Bertz CT molecular complexity index is 711. The largest absolute Gasteiger partial charge is 0.326 e. The molecule has 2 aromatic rings. The number of benzene rings is 1. The third kappa shape index (κ3) is 2.76. The van der Waals surface area contributed by atoms with Crippen molar-refractivity contribution < 1.29 is 8.42 Å². The molecule has 0 unspecified atom stereocenters. The Morgan fingerprint density at radius 3 is 2.29 bits per heavy atom. The van der Waals surface area contributed by atoms with Gasteiger partial charge in [-0.3, -0.25) is 0 Å². The van der Waals surface area contributed by atoms with Crippen LogP contribution >= 0.6 is 11.3 Å². The van der Waals surface area contributed by atoms with Crippen molar-refractivity contribution in [2.45, 2.75) is 24.3 Å². The van der Waals surface area contributed by atoms with E-state index in [-0.39, 0.29) is 6.54 Å². The van der Waals surface area contributed by atoms with E-state index < -0.39 is 10.0 Å². The average Bonchev–Trinajstić information content (AvgIpc) is 2.87. The van der Waals surface area contributed by atoms with E-state index in [1.54, 1.807) is 15.8 Å². The van der Waals surface area contributed by atoms with Crippen LogP contribution in [0.4, 0.5) is 0 Å². The van der Waals surface area contributed by atoms with E-state index in [1.807, 2.05) is 12.1 Å². The summed E-state index contributed by atoms with van der Waals surface area (Å²) in [5.74, 6) is 0. The van der Waals surface area contributed by atoms with Crippen molar-refractivity contribution in [2.24, 2.45) is 5.73 Å². The van der Waals surface area contributed by atoms with E-state index in [0.29, 0.717) is 18.0 Å². The van der Waals surface area contributed by atoms with Gasteiger partial charge < -0.3 is 5.73 Å². The van der Waals surface area contributed by atoms with E-state index >= 15 is 0 Å². The maximum Gasteiger partial charge on any atom is 0.244 e. The number of hydrogen-bond donors (Lipinski definition) is 1. The highest BCUT2D eigenvalue weighted by Crippen LogP contribution is 2.26. The van der Waals surface area contributed by atoms with Gasteiger partial charge in [-0.15, -0.1) is 11.3 Å². The zero-order valence-corrected chi connectivity index (χ0v) is 13.3. The second kappa shape index (κ2) is 5.88. The summed E-state index contributed by atoms with van der Waals surface area (Å²) in [4.78, 5) is 1.11. The van der Waals surface area contributed by atoms with Crippen molar-refractivity contribution in [2.75, 3.05) is 13.1 Å². The van der Waals surface area contributed by atoms with Gasteiger partial charge in [0.2, 0.25) is 10.0 Å². The minimum atomic E-state index is -3.44. The van der Waals surface area contributed by atoms with Crippen LogP contribution < -0.4 is 5.73 Å². The molecular weight excluding hydrogens is 304 g/mol. The number of sulfonamides is 1. The highest BCUT2D eigenvalue weighted by Gasteiger charge is 2.28. The zero-order chi connectivity index (χ0) is 14.9. The number of thiophene rings is 1. The van der Waals surface area contributed by atoms with Crippen LogP contribution in [0.2, 0.25) is 0 Å². The first kappa shape index (κ1) is 14.7. The number of fused-ring (bicyclic) bond motifs is 1. The van der Waals surface area contributed by atoms with Crippen molar-refractivity contribution in [3.8, 4) is 0 Å². The molecule has 1 aliphatic rings. The van der Waals surface area contributed by atoms with E-state index in [9.17, 15) is 8.42 Å². The Balaban J connectivity index is 1.89. The van der Waals surface area contributed by atoms with E-state index in [1.165, 1.54) is 22.5 Å². The van der Waals surface area contributed by atoms with Crippen LogP contribution in [-0.4, -0.2) is 25.8 Å². The van der Waals surface area contributed by atoms with Gasteiger partial charge in [0.15, 0.2) is 0 Å². The normalized spacial score (nSPS) is 16.4. The summed E-state index contributed by atoms with van der Waals surface area (Å²) in [7, 11) is -3.44. The van der Waals surface area contributed by atoms with Gasteiger partial charge in [-0.1, -0.05) is 24.3 Å². The fourth-order valence-corrected chi connectivity index (χ4v) is 5.48. The molecule has 6 heteroatoms. The molecule has 0 spiro atoms. The molecule has 4 nitrogen and oxygen atoms in total. The molecule has 0 saturated carbocycles. The first-order chi connectivity index (χ1) is 10.1. The molecule has 2 N–H and O–H groups in total. The van der Waals surface area contributed by atoms with E-state index in [4.69, 9.17) is 5.73 Å². The van der Waals surface area contributed by atoms with Gasteiger partial charge in [-0.2, -0.15) is 4.31 Å². The van der Waals surface area contributed by atoms with Crippen LogP contribution in [0.5, 0.6) is 0 Å². The molecule has 112 valence electrons. The average molecular weight is 322 g/mol. The lowest BCUT2D eigenvalue weighted by Crippen LogP contribution is -2.33. The highest BCUT2D eigenvalue weighted by atomic mass is 32.2. The molecule has 0 fully saturated rings. The Labute approximate surface area is 129 Å². The quantitative estimate of drug-likeness (QED) is 0.940. The molecule has 0 saturated heterocycles. The summed E-state index contributed by atoms with van der Waals surface area (Å²) in [6.45, 7) is 1.32. The Kier molecular flexibility index (Phi) is 4.12. The lowest BCUT2D eigenvalue weighted by atomic mass is 10.0. The van der Waals surface area contributed by atoms with Gasteiger partial charge >= 0.3 is 0 Å². The standard InChI is InChI=1S/C15H18N2O2S2/c16-11-14-15(7-10-20-14)21(18,19)17-8-5-12-3-1-2-4-13(12)6-9-17/h1-4,7,10H,5-6,8-9,11,16H2. The molecule has 2 heterocycles. The lowest BCUT2D eigenvalue weighted by Gasteiger charge is -2.20. The van der Waals surface area contributed by atoms with Crippen LogP contribution in [0.1, 0.15) is 16.0 Å². The molecular formula is C15H18N2O2S2. The maximum atomic E-state index is 12.8. The van der Waals surface area contributed by atoms with E-state index in [2.05, 4.69) is 12.1 Å². The van der Waals surface area contributed by atoms with Gasteiger partial charge in [0.25, 0.3) is 0 Å². The lowest BCUT2D eigenvalue weighted by molar-refractivity contribution is 0.426. The second-order valence-electron chi connectivity index (χ2n) is 5.08. The summed E-state index contributed by atoms with van der Waals surface area (Å²) < 4.78 is 27.2. The van der Waals surface area contributed by atoms with Gasteiger partial charge in [0.1, 0.15) is 0 Å². The van der Waals surface area contributed by atoms with Gasteiger partial charge in [-0.05, 0) is 35.4 Å². The van der Waals surface area contributed by atoms with Crippen LogP contribution in [-0.2, 0) is 29.4 Å². The summed E-state index contributed by atoms with van der Waals surface area (Å²) in [5, 5.41) is 1.79. The topological polar surface area (TPSA) is 63.4 Å². The number of rotatable bonds is 3. The van der Waals surface area contributed by atoms with E-state index in [0.717, 1.165) is 17.7 Å². The minimum Gasteiger partial charge on any atom is -0.326 e. The Hall–Kier alpha value is -1.21. The maximum absolute atomic E-state index is 12.8. The van der Waals surface area contributed by atoms with Crippen molar-refractivity contribution in [3.05, 3.63) is 51.7 Å². The summed E-state index contributed by atoms with van der Waals surface area (Å²) in [6.07, 6.45) is 1.52. The molecule has 0 bridgehead atoms. The predicted molar refractivity (Wildman–Crippen MR) is 84.8 cm³/mol. The van der Waals surface area contributed by atoms with Gasteiger partial charge in [-0.25, -0.2) is 8.42 Å². The zero-order valence-electron chi connectivity index (χ0n) is 11.7. The highest BCUT2D eigenvalue weighted by molar-refractivity contribution is 7.89. The number of hydrogen-bond acceptors (Lipinski definition) is 4. The molecule has 3 rings (SSSR count). The summed E-state index contributed by atoms with van der Waals surface area (Å²) in [6, 6.07) is 9.85. The van der Waals surface area contributed by atoms with Crippen LogP contribution in [0.15, 0.2) is 40.6 Å².